The Kier molecular flexibility index (Phi) is 4.97. The lowest BCUT2D eigenvalue weighted by Gasteiger charge is -2.28. The Bertz CT molecular complexity index is 634. The Morgan fingerprint density at radius 3 is 2.50 bits per heavy atom. The van der Waals surface area contributed by atoms with Crippen molar-refractivity contribution in [2.45, 2.75) is 19.8 Å². The quantitative estimate of drug-likeness (QED) is 0.662. The maximum atomic E-state index is 12.4. The summed E-state index contributed by atoms with van der Waals surface area (Å²) in [5.41, 5.74) is 0.273. The van der Waals surface area contributed by atoms with E-state index in [1.165, 1.54) is 18.4 Å². The molecule has 0 fully saturated rings. The van der Waals surface area contributed by atoms with Crippen LogP contribution in [0.1, 0.15) is 28.1 Å². The molecule has 22 heavy (non-hydrogen) atoms. The SMILES string of the molecule is COC(=O)c1cc(C)sc1NC(=O)[C@@H]1CC=CC[C@@H]1C(=O)[O-]. The lowest BCUT2D eigenvalue weighted by Crippen LogP contribution is -2.41. The van der Waals surface area contributed by atoms with Gasteiger partial charge in [-0.05, 0) is 25.8 Å². The summed E-state index contributed by atoms with van der Waals surface area (Å²) in [6.45, 7) is 1.81. The molecule has 6 nitrogen and oxygen atoms in total. The predicted molar refractivity (Wildman–Crippen MR) is 79.4 cm³/mol. The zero-order valence-electron chi connectivity index (χ0n) is 12.3. The molecular weight excluding hydrogens is 306 g/mol. The van der Waals surface area contributed by atoms with Crippen LogP contribution in [0.3, 0.4) is 0 Å². The van der Waals surface area contributed by atoms with Gasteiger partial charge in [0.2, 0.25) is 5.91 Å². The Labute approximate surface area is 131 Å². The number of rotatable bonds is 4. The molecule has 2 atom stereocenters. The average molecular weight is 322 g/mol. The molecule has 0 saturated carbocycles. The highest BCUT2D eigenvalue weighted by Gasteiger charge is 2.31. The van der Waals surface area contributed by atoms with Gasteiger partial charge in [-0.25, -0.2) is 4.79 Å². The Hall–Kier alpha value is -2.15. The van der Waals surface area contributed by atoms with Crippen LogP contribution in [0.2, 0.25) is 0 Å². The molecule has 0 radical (unpaired) electrons. The third-order valence-electron chi connectivity index (χ3n) is 3.57. The molecule has 118 valence electrons. The van der Waals surface area contributed by atoms with Gasteiger partial charge in [-0.3, -0.25) is 4.79 Å². The van der Waals surface area contributed by atoms with E-state index < -0.39 is 29.7 Å². The molecule has 0 bridgehead atoms. The van der Waals surface area contributed by atoms with Crippen LogP contribution < -0.4 is 10.4 Å². The number of allylic oxidation sites excluding steroid dienone is 2. The van der Waals surface area contributed by atoms with E-state index in [0.717, 1.165) is 4.88 Å². The number of hydrogen-bond acceptors (Lipinski definition) is 6. The topological polar surface area (TPSA) is 95.5 Å². The second-order valence-corrected chi connectivity index (χ2v) is 6.31. The smallest absolute Gasteiger partial charge is 0.340 e. The van der Waals surface area contributed by atoms with Crippen molar-refractivity contribution in [2.24, 2.45) is 11.8 Å². The number of carboxylic acid groups (broad SMARTS) is 1. The van der Waals surface area contributed by atoms with E-state index in [1.54, 1.807) is 25.1 Å². The number of anilines is 1. The first-order valence-electron chi connectivity index (χ1n) is 6.79. The number of carbonyl (C=O) groups is 3. The van der Waals surface area contributed by atoms with E-state index in [2.05, 4.69) is 10.1 Å². The zero-order valence-corrected chi connectivity index (χ0v) is 13.1. The first-order valence-corrected chi connectivity index (χ1v) is 7.61. The van der Waals surface area contributed by atoms with E-state index in [4.69, 9.17) is 0 Å². The number of nitrogens with one attached hydrogen (secondary N) is 1. The number of carboxylic acids is 1. The minimum Gasteiger partial charge on any atom is -0.550 e. The maximum absolute atomic E-state index is 12.4. The van der Waals surface area contributed by atoms with Gasteiger partial charge in [-0.2, -0.15) is 0 Å². The molecule has 1 N–H and O–H groups in total. The van der Waals surface area contributed by atoms with Gasteiger partial charge in [0, 0.05) is 16.8 Å². The van der Waals surface area contributed by atoms with Crippen LogP contribution >= 0.6 is 11.3 Å². The summed E-state index contributed by atoms with van der Waals surface area (Å²) in [6.07, 6.45) is 4.13. The lowest BCUT2D eigenvalue weighted by molar-refractivity contribution is -0.313. The van der Waals surface area contributed by atoms with Gasteiger partial charge in [-0.15, -0.1) is 11.3 Å². The van der Waals surface area contributed by atoms with Crippen molar-refractivity contribution in [3.8, 4) is 0 Å². The van der Waals surface area contributed by atoms with Crippen LogP contribution in [0.4, 0.5) is 5.00 Å². The van der Waals surface area contributed by atoms with Gasteiger partial charge in [0.05, 0.1) is 18.6 Å². The molecule has 0 aromatic carbocycles. The Morgan fingerprint density at radius 2 is 1.91 bits per heavy atom. The summed E-state index contributed by atoms with van der Waals surface area (Å²) in [7, 11) is 1.26. The number of ether oxygens (including phenoxy) is 1. The highest BCUT2D eigenvalue weighted by molar-refractivity contribution is 7.16. The standard InChI is InChI=1S/C15H17NO5S/c1-8-7-11(15(20)21-2)13(22-8)16-12(17)9-5-3-4-6-10(9)14(18)19/h3-4,7,9-10H,5-6H2,1-2H3,(H,16,17)(H,18,19)/p-1/t9-,10+/m1/s1. The third kappa shape index (κ3) is 3.36. The van der Waals surface area contributed by atoms with Crippen molar-refractivity contribution in [3.05, 3.63) is 28.7 Å². The number of aryl methyl sites for hydroxylation is 1. The Morgan fingerprint density at radius 1 is 1.27 bits per heavy atom. The van der Waals surface area contributed by atoms with Gasteiger partial charge in [-0.1, -0.05) is 12.2 Å². The summed E-state index contributed by atoms with van der Waals surface area (Å²) in [5, 5.41) is 14.2. The predicted octanol–water partition coefficient (Wildman–Crippen LogP) is 1.11. The maximum Gasteiger partial charge on any atom is 0.340 e. The van der Waals surface area contributed by atoms with E-state index in [1.807, 2.05) is 0 Å². The van der Waals surface area contributed by atoms with Crippen molar-refractivity contribution >= 4 is 34.2 Å². The molecule has 1 aromatic rings. The monoisotopic (exact) mass is 322 g/mol. The normalized spacial score (nSPS) is 20.5. The van der Waals surface area contributed by atoms with E-state index >= 15 is 0 Å². The second kappa shape index (κ2) is 6.74. The fraction of sp³-hybridized carbons (Fsp3) is 0.400. The fourth-order valence-corrected chi connectivity index (χ4v) is 3.34. The van der Waals surface area contributed by atoms with Crippen LogP contribution in [0, 0.1) is 18.8 Å². The molecule has 0 unspecified atom stereocenters. The van der Waals surface area contributed by atoms with Crippen molar-refractivity contribution in [3.63, 3.8) is 0 Å². The van der Waals surface area contributed by atoms with Gasteiger partial charge < -0.3 is 20.0 Å². The number of methoxy groups -OCH3 is 1. The van der Waals surface area contributed by atoms with Gasteiger partial charge >= 0.3 is 5.97 Å². The molecule has 0 saturated heterocycles. The van der Waals surface area contributed by atoms with Crippen molar-refractivity contribution in [1.29, 1.82) is 0 Å². The molecule has 0 spiro atoms. The molecule has 1 aliphatic carbocycles. The largest absolute Gasteiger partial charge is 0.550 e. The zero-order chi connectivity index (χ0) is 16.3. The van der Waals surface area contributed by atoms with Gasteiger partial charge in [0.25, 0.3) is 0 Å². The van der Waals surface area contributed by atoms with E-state index in [-0.39, 0.29) is 12.0 Å². The van der Waals surface area contributed by atoms with E-state index in [9.17, 15) is 19.5 Å². The number of esters is 1. The highest BCUT2D eigenvalue weighted by atomic mass is 32.1. The number of thiophene rings is 1. The molecule has 1 aromatic heterocycles. The number of hydrogen-bond donors (Lipinski definition) is 1. The van der Waals surface area contributed by atoms with Crippen LogP contribution in [0.15, 0.2) is 18.2 Å². The first kappa shape index (κ1) is 16.2. The third-order valence-corrected chi connectivity index (χ3v) is 4.54. The van der Waals surface area contributed by atoms with Crippen molar-refractivity contribution < 1.29 is 24.2 Å². The number of carbonyl (C=O) groups excluding carboxylic acids is 3. The summed E-state index contributed by atoms with van der Waals surface area (Å²) in [6, 6.07) is 1.63. The van der Waals surface area contributed by atoms with Crippen LogP contribution in [-0.2, 0) is 14.3 Å². The van der Waals surface area contributed by atoms with Crippen molar-refractivity contribution in [1.82, 2.24) is 0 Å². The van der Waals surface area contributed by atoms with Crippen LogP contribution in [-0.4, -0.2) is 25.0 Å². The van der Waals surface area contributed by atoms with Gasteiger partial charge in [0.15, 0.2) is 0 Å². The minimum atomic E-state index is -1.24. The lowest BCUT2D eigenvalue weighted by atomic mass is 9.82. The molecule has 7 heteroatoms. The first-order chi connectivity index (χ1) is 10.4. The van der Waals surface area contributed by atoms with Gasteiger partial charge in [0.1, 0.15) is 5.00 Å². The second-order valence-electron chi connectivity index (χ2n) is 5.06. The van der Waals surface area contributed by atoms with E-state index in [0.29, 0.717) is 11.4 Å². The molecule has 0 aliphatic heterocycles. The molecule has 2 rings (SSSR count). The molecule has 1 heterocycles. The highest BCUT2D eigenvalue weighted by Crippen LogP contribution is 2.31. The summed E-state index contributed by atoms with van der Waals surface area (Å²) < 4.78 is 4.68. The summed E-state index contributed by atoms with van der Waals surface area (Å²) in [4.78, 5) is 36.1. The average Bonchev–Trinajstić information content (AvgIpc) is 2.86. The molecule has 1 aliphatic rings. The number of aliphatic carboxylic acids is 1. The minimum absolute atomic E-state index is 0.272. The number of amides is 1. The summed E-state index contributed by atoms with van der Waals surface area (Å²) in [5.74, 6) is -3.76. The van der Waals surface area contributed by atoms with Crippen molar-refractivity contribution in [2.75, 3.05) is 12.4 Å². The van der Waals surface area contributed by atoms with Crippen LogP contribution in [0.25, 0.3) is 0 Å². The fourth-order valence-electron chi connectivity index (χ4n) is 2.44. The molecular formula is C15H16NO5S-. The Balaban J connectivity index is 2.20. The van der Waals surface area contributed by atoms with Crippen LogP contribution in [0.5, 0.6) is 0 Å². The molecule has 1 amide bonds. The summed E-state index contributed by atoms with van der Waals surface area (Å²) >= 11 is 1.25.